The van der Waals surface area contributed by atoms with E-state index in [9.17, 15) is 19.1 Å². The number of hydrogen-bond donors (Lipinski definition) is 1. The van der Waals surface area contributed by atoms with Gasteiger partial charge in [0.1, 0.15) is 18.3 Å². The van der Waals surface area contributed by atoms with E-state index >= 15 is 0 Å². The van der Waals surface area contributed by atoms with Crippen LogP contribution in [0.2, 0.25) is 5.02 Å². The van der Waals surface area contributed by atoms with Crippen molar-refractivity contribution in [2.75, 3.05) is 13.2 Å². The molecule has 0 radical (unpaired) electrons. The van der Waals surface area contributed by atoms with Crippen molar-refractivity contribution in [3.63, 3.8) is 0 Å². The second kappa shape index (κ2) is 10.2. The molecule has 34 heavy (non-hydrogen) atoms. The van der Waals surface area contributed by atoms with E-state index in [1.165, 1.54) is 18.2 Å². The summed E-state index contributed by atoms with van der Waals surface area (Å²) in [6.45, 7) is -0.865. The summed E-state index contributed by atoms with van der Waals surface area (Å²) in [5.74, 6) is -2.48. The van der Waals surface area contributed by atoms with Gasteiger partial charge in [-0.25, -0.2) is 9.18 Å². The Morgan fingerprint density at radius 3 is 2.26 bits per heavy atom. The fraction of sp³-hybridized carbons (Fsp3) is 0.185. The number of hydrogen-bond acceptors (Lipinski definition) is 5. The van der Waals surface area contributed by atoms with E-state index in [-0.39, 0.29) is 23.6 Å². The predicted molar refractivity (Wildman–Crippen MR) is 126 cm³/mol. The van der Waals surface area contributed by atoms with Gasteiger partial charge in [0, 0.05) is 12.0 Å². The molecule has 5 nitrogen and oxygen atoms in total. The molecule has 1 atom stereocenters. The number of ether oxygens (including phenoxy) is 2. The van der Waals surface area contributed by atoms with Crippen LogP contribution in [0, 0.1) is 5.82 Å². The molecule has 1 saturated heterocycles. The number of aliphatic hydroxyl groups excluding tert-OH is 1. The lowest BCUT2D eigenvalue weighted by molar-refractivity contribution is -0.166. The molecule has 4 rings (SSSR count). The van der Waals surface area contributed by atoms with E-state index < -0.39 is 35.9 Å². The quantitative estimate of drug-likeness (QED) is 0.384. The Hall–Kier alpha value is -3.48. The van der Waals surface area contributed by atoms with Crippen LogP contribution in [0.4, 0.5) is 4.39 Å². The summed E-state index contributed by atoms with van der Waals surface area (Å²) in [5.41, 5.74) is 0.750. The molecular weight excluding hydrogens is 459 g/mol. The highest BCUT2D eigenvalue weighted by atomic mass is 35.5. The summed E-state index contributed by atoms with van der Waals surface area (Å²) < 4.78 is 24.8. The molecule has 1 aliphatic rings. The number of carbonyl (C=O) groups excluding carboxylic acids is 2. The van der Waals surface area contributed by atoms with Crippen molar-refractivity contribution in [2.24, 2.45) is 0 Å². The van der Waals surface area contributed by atoms with Crippen molar-refractivity contribution in [1.29, 1.82) is 0 Å². The topological polar surface area (TPSA) is 72.8 Å². The fourth-order valence-electron chi connectivity index (χ4n) is 3.89. The van der Waals surface area contributed by atoms with Gasteiger partial charge in [0.25, 0.3) is 0 Å². The Morgan fingerprint density at radius 1 is 1.09 bits per heavy atom. The van der Waals surface area contributed by atoms with Crippen LogP contribution < -0.4 is 0 Å². The summed E-state index contributed by atoms with van der Waals surface area (Å²) in [5, 5.41) is 9.98. The standard InChI is InChI=1S/C27H22ClFO5/c28-22-12-11-18(14-23(22)29)13-21-15-27(16-30,34-25(21)31)17-33-26(32)24(19-7-3-1-4-8-19)20-9-5-2-6-10-20/h1-14,24,30H,15-17H2/b21-13+. The number of esters is 2. The number of benzene rings is 3. The van der Waals surface area contributed by atoms with Gasteiger partial charge in [-0.15, -0.1) is 0 Å². The zero-order valence-corrected chi connectivity index (χ0v) is 18.9. The summed E-state index contributed by atoms with van der Waals surface area (Å²) in [6, 6.07) is 22.6. The first-order valence-electron chi connectivity index (χ1n) is 10.7. The third kappa shape index (κ3) is 5.19. The number of halogens is 2. The molecule has 174 valence electrons. The van der Waals surface area contributed by atoms with Crippen molar-refractivity contribution in [2.45, 2.75) is 17.9 Å². The van der Waals surface area contributed by atoms with Crippen LogP contribution in [-0.2, 0) is 19.1 Å². The Morgan fingerprint density at radius 2 is 1.71 bits per heavy atom. The molecule has 1 fully saturated rings. The number of aliphatic hydroxyl groups is 1. The minimum Gasteiger partial charge on any atom is -0.461 e. The first-order valence-corrected chi connectivity index (χ1v) is 11.0. The van der Waals surface area contributed by atoms with E-state index in [0.717, 1.165) is 11.1 Å². The molecule has 0 aliphatic carbocycles. The maximum Gasteiger partial charge on any atom is 0.334 e. The molecule has 7 heteroatoms. The number of carbonyl (C=O) groups is 2. The Bertz CT molecular complexity index is 1170. The molecule has 0 aromatic heterocycles. The van der Waals surface area contributed by atoms with Gasteiger partial charge in [0.05, 0.1) is 11.6 Å². The first-order chi connectivity index (χ1) is 16.4. The van der Waals surface area contributed by atoms with Gasteiger partial charge >= 0.3 is 11.9 Å². The minimum atomic E-state index is -1.42. The highest BCUT2D eigenvalue weighted by Gasteiger charge is 2.45. The minimum absolute atomic E-state index is 0.00119. The molecule has 0 spiro atoms. The fourth-order valence-corrected chi connectivity index (χ4v) is 4.00. The second-order valence-corrected chi connectivity index (χ2v) is 8.52. The molecule has 0 saturated carbocycles. The van der Waals surface area contributed by atoms with Crippen LogP contribution >= 0.6 is 11.6 Å². The molecule has 1 heterocycles. The maximum atomic E-state index is 13.8. The van der Waals surface area contributed by atoms with Gasteiger partial charge in [-0.05, 0) is 34.9 Å². The summed E-state index contributed by atoms with van der Waals surface area (Å²) in [7, 11) is 0. The maximum absolute atomic E-state index is 13.8. The van der Waals surface area contributed by atoms with E-state index in [2.05, 4.69) is 0 Å². The van der Waals surface area contributed by atoms with Crippen molar-refractivity contribution >= 4 is 29.6 Å². The lowest BCUT2D eigenvalue weighted by atomic mass is 9.91. The molecule has 1 N–H and O–H groups in total. The van der Waals surface area contributed by atoms with Gasteiger partial charge in [-0.1, -0.05) is 78.3 Å². The molecule has 3 aromatic carbocycles. The van der Waals surface area contributed by atoms with Gasteiger partial charge in [-0.3, -0.25) is 4.79 Å². The lowest BCUT2D eigenvalue weighted by Crippen LogP contribution is -2.40. The highest BCUT2D eigenvalue weighted by Crippen LogP contribution is 2.34. The Balaban J connectivity index is 1.52. The van der Waals surface area contributed by atoms with E-state index in [4.69, 9.17) is 21.1 Å². The van der Waals surface area contributed by atoms with Crippen LogP contribution in [0.25, 0.3) is 6.08 Å². The molecule has 1 unspecified atom stereocenters. The van der Waals surface area contributed by atoms with E-state index in [1.54, 1.807) is 6.07 Å². The van der Waals surface area contributed by atoms with Crippen LogP contribution in [-0.4, -0.2) is 35.9 Å². The van der Waals surface area contributed by atoms with Crippen molar-refractivity contribution in [3.8, 4) is 0 Å². The largest absolute Gasteiger partial charge is 0.461 e. The van der Waals surface area contributed by atoms with Gasteiger partial charge in [0.15, 0.2) is 5.60 Å². The van der Waals surface area contributed by atoms with Crippen LogP contribution in [0.15, 0.2) is 84.4 Å². The third-order valence-electron chi connectivity index (χ3n) is 5.64. The molecule has 0 amide bonds. The second-order valence-electron chi connectivity index (χ2n) is 8.11. The number of cyclic esters (lactones) is 1. The summed E-state index contributed by atoms with van der Waals surface area (Å²) >= 11 is 5.71. The van der Waals surface area contributed by atoms with Crippen molar-refractivity contribution in [3.05, 3.63) is 112 Å². The SMILES string of the molecule is O=C1OC(CO)(COC(=O)C(c2ccccc2)c2ccccc2)C/C1=C\c1ccc(Cl)c(F)c1. The molecule has 1 aliphatic heterocycles. The smallest absolute Gasteiger partial charge is 0.334 e. The van der Waals surface area contributed by atoms with E-state index in [0.29, 0.717) is 5.56 Å². The normalized spacial score (nSPS) is 18.8. The van der Waals surface area contributed by atoms with Crippen LogP contribution in [0.5, 0.6) is 0 Å². The van der Waals surface area contributed by atoms with Gasteiger partial charge in [-0.2, -0.15) is 0 Å². The average molecular weight is 481 g/mol. The zero-order chi connectivity index (χ0) is 24.1. The monoisotopic (exact) mass is 480 g/mol. The number of rotatable bonds is 7. The highest BCUT2D eigenvalue weighted by molar-refractivity contribution is 6.30. The Kier molecular flexibility index (Phi) is 7.10. The average Bonchev–Trinajstić information content (AvgIpc) is 3.17. The van der Waals surface area contributed by atoms with Crippen LogP contribution in [0.3, 0.4) is 0 Å². The van der Waals surface area contributed by atoms with Gasteiger partial charge in [0.2, 0.25) is 0 Å². The lowest BCUT2D eigenvalue weighted by Gasteiger charge is -2.26. The molecular formula is C27H22ClFO5. The summed E-state index contributed by atoms with van der Waals surface area (Å²) in [4.78, 5) is 25.6. The third-order valence-corrected chi connectivity index (χ3v) is 5.94. The first kappa shape index (κ1) is 23.7. The van der Waals surface area contributed by atoms with E-state index in [1.807, 2.05) is 60.7 Å². The molecule has 3 aromatic rings. The Labute approximate surface area is 201 Å². The van der Waals surface area contributed by atoms with Crippen molar-refractivity contribution < 1.29 is 28.6 Å². The zero-order valence-electron chi connectivity index (χ0n) is 18.1. The predicted octanol–water partition coefficient (Wildman–Crippen LogP) is 4.92. The van der Waals surface area contributed by atoms with Crippen molar-refractivity contribution in [1.82, 2.24) is 0 Å². The van der Waals surface area contributed by atoms with Gasteiger partial charge < -0.3 is 14.6 Å². The summed E-state index contributed by atoms with van der Waals surface area (Å²) in [6.07, 6.45) is 1.47. The molecule has 0 bridgehead atoms. The van der Waals surface area contributed by atoms with Crippen LogP contribution in [0.1, 0.15) is 29.0 Å².